The number of amides is 1. The van der Waals surface area contributed by atoms with Crippen LogP contribution in [0.15, 0.2) is 54.2 Å². The summed E-state index contributed by atoms with van der Waals surface area (Å²) in [5.41, 5.74) is 2.01. The highest BCUT2D eigenvalue weighted by molar-refractivity contribution is 7.80. The van der Waals surface area contributed by atoms with E-state index in [1.807, 2.05) is 19.1 Å². The van der Waals surface area contributed by atoms with Gasteiger partial charge < -0.3 is 10.1 Å². The number of carbonyl (C=O) groups excluding carboxylic acids is 1. The van der Waals surface area contributed by atoms with E-state index in [0.29, 0.717) is 28.7 Å². The van der Waals surface area contributed by atoms with Crippen LogP contribution in [-0.2, 0) is 11.4 Å². The number of nitro benzene ring substituents is 1. The first-order valence-electron chi connectivity index (χ1n) is 8.28. The van der Waals surface area contributed by atoms with Gasteiger partial charge in [-0.1, -0.05) is 24.3 Å². The summed E-state index contributed by atoms with van der Waals surface area (Å²) in [5, 5.41) is 14.1. The van der Waals surface area contributed by atoms with Crippen LogP contribution in [0.4, 0.5) is 5.69 Å². The molecular weight excluding hydrogens is 366 g/mol. The molecule has 0 aromatic heterocycles. The molecule has 1 aliphatic heterocycles. The van der Waals surface area contributed by atoms with E-state index in [9.17, 15) is 14.9 Å². The summed E-state index contributed by atoms with van der Waals surface area (Å²) in [6.07, 6.45) is 1.73. The molecule has 1 aliphatic rings. The normalized spacial score (nSPS) is 15.1. The van der Waals surface area contributed by atoms with E-state index in [-0.39, 0.29) is 18.2 Å². The van der Waals surface area contributed by atoms with E-state index in [4.69, 9.17) is 17.0 Å². The molecule has 1 amide bonds. The van der Waals surface area contributed by atoms with Gasteiger partial charge >= 0.3 is 0 Å². The van der Waals surface area contributed by atoms with Crippen LogP contribution in [0.1, 0.15) is 18.1 Å². The Bertz CT molecular complexity index is 925. The lowest BCUT2D eigenvalue weighted by atomic mass is 10.2. The van der Waals surface area contributed by atoms with Crippen molar-refractivity contribution in [3.05, 3.63) is 75.5 Å². The highest BCUT2D eigenvalue weighted by Gasteiger charge is 2.28. The number of thiocarbonyl (C=S) groups is 1. The maximum absolute atomic E-state index is 12.2. The number of hydrogen-bond donors (Lipinski definition) is 1. The van der Waals surface area contributed by atoms with Crippen molar-refractivity contribution in [2.45, 2.75) is 13.5 Å². The number of non-ortho nitro benzene ring substituents is 1. The van der Waals surface area contributed by atoms with Crippen molar-refractivity contribution < 1.29 is 14.5 Å². The molecule has 0 unspecified atom stereocenters. The van der Waals surface area contributed by atoms with Crippen molar-refractivity contribution in [3.63, 3.8) is 0 Å². The molecule has 8 heteroatoms. The fourth-order valence-corrected chi connectivity index (χ4v) is 2.93. The number of benzene rings is 2. The Morgan fingerprint density at radius 3 is 2.63 bits per heavy atom. The van der Waals surface area contributed by atoms with Gasteiger partial charge in [-0.2, -0.15) is 0 Å². The molecule has 0 spiro atoms. The van der Waals surface area contributed by atoms with Crippen LogP contribution in [0.5, 0.6) is 5.75 Å². The van der Waals surface area contributed by atoms with Crippen molar-refractivity contribution in [2.75, 3.05) is 6.54 Å². The molecular formula is C19H17N3O4S. The zero-order valence-electron chi connectivity index (χ0n) is 14.5. The minimum absolute atomic E-state index is 0.0332. The third kappa shape index (κ3) is 4.29. The quantitative estimate of drug-likeness (QED) is 0.357. The minimum atomic E-state index is -0.435. The van der Waals surface area contributed by atoms with Crippen molar-refractivity contribution >= 4 is 35.0 Å². The maximum atomic E-state index is 12.2. The maximum Gasteiger partial charge on any atom is 0.276 e. The highest BCUT2D eigenvalue weighted by atomic mass is 32.1. The first-order valence-corrected chi connectivity index (χ1v) is 8.69. The Labute approximate surface area is 161 Å². The molecule has 27 heavy (non-hydrogen) atoms. The Balaban J connectivity index is 1.65. The second kappa shape index (κ2) is 7.96. The molecule has 1 fully saturated rings. The summed E-state index contributed by atoms with van der Waals surface area (Å²) in [6, 6.07) is 13.5. The lowest BCUT2D eigenvalue weighted by molar-refractivity contribution is -0.384. The Hall–Kier alpha value is -3.26. The van der Waals surface area contributed by atoms with Crippen LogP contribution in [0.3, 0.4) is 0 Å². The van der Waals surface area contributed by atoms with Crippen LogP contribution in [0.2, 0.25) is 0 Å². The topological polar surface area (TPSA) is 84.7 Å². The van der Waals surface area contributed by atoms with Crippen LogP contribution < -0.4 is 10.1 Å². The molecule has 2 aromatic rings. The zero-order chi connectivity index (χ0) is 19.4. The van der Waals surface area contributed by atoms with Crippen molar-refractivity contribution in [3.8, 4) is 5.75 Å². The smallest absolute Gasteiger partial charge is 0.276 e. The fraction of sp³-hybridized carbons (Fsp3) is 0.158. The third-order valence-electron chi connectivity index (χ3n) is 4.00. The van der Waals surface area contributed by atoms with Crippen molar-refractivity contribution in [1.82, 2.24) is 10.2 Å². The monoisotopic (exact) mass is 383 g/mol. The predicted molar refractivity (Wildman–Crippen MR) is 105 cm³/mol. The van der Waals surface area contributed by atoms with E-state index in [2.05, 4.69) is 5.32 Å². The van der Waals surface area contributed by atoms with E-state index < -0.39 is 4.92 Å². The molecule has 0 bridgehead atoms. The number of nitro groups is 1. The average Bonchev–Trinajstić information content (AvgIpc) is 2.94. The molecule has 1 heterocycles. The molecule has 0 radical (unpaired) electrons. The molecule has 0 aliphatic carbocycles. The van der Waals surface area contributed by atoms with E-state index >= 15 is 0 Å². The summed E-state index contributed by atoms with van der Waals surface area (Å²) in [6.45, 7) is 2.61. The summed E-state index contributed by atoms with van der Waals surface area (Å²) >= 11 is 5.13. The second-order valence-corrected chi connectivity index (χ2v) is 6.21. The van der Waals surface area contributed by atoms with Crippen LogP contribution in [0, 0.1) is 10.1 Å². The molecule has 3 rings (SSSR count). The highest BCUT2D eigenvalue weighted by Crippen LogP contribution is 2.19. The Morgan fingerprint density at radius 2 is 2.00 bits per heavy atom. The van der Waals surface area contributed by atoms with E-state index in [1.165, 1.54) is 17.0 Å². The number of carbonyl (C=O) groups is 1. The van der Waals surface area contributed by atoms with Gasteiger partial charge in [-0.25, -0.2) is 0 Å². The number of hydrogen-bond acceptors (Lipinski definition) is 5. The molecule has 138 valence electrons. The first-order chi connectivity index (χ1) is 13.0. The molecule has 0 saturated carbocycles. The predicted octanol–water partition coefficient (Wildman–Crippen LogP) is 3.25. The minimum Gasteiger partial charge on any atom is -0.489 e. The van der Waals surface area contributed by atoms with Gasteiger partial charge in [0.25, 0.3) is 11.6 Å². The lowest BCUT2D eigenvalue weighted by Gasteiger charge is -2.08. The van der Waals surface area contributed by atoms with Gasteiger partial charge in [0.1, 0.15) is 18.1 Å². The largest absolute Gasteiger partial charge is 0.489 e. The van der Waals surface area contributed by atoms with Gasteiger partial charge in [0, 0.05) is 18.7 Å². The van der Waals surface area contributed by atoms with Gasteiger partial charge in [-0.05, 0) is 48.5 Å². The number of ether oxygens (including phenoxy) is 1. The average molecular weight is 383 g/mol. The van der Waals surface area contributed by atoms with E-state index in [1.54, 1.807) is 30.3 Å². The van der Waals surface area contributed by atoms with Gasteiger partial charge in [0.15, 0.2) is 5.11 Å². The van der Waals surface area contributed by atoms with Crippen LogP contribution >= 0.6 is 12.2 Å². The van der Waals surface area contributed by atoms with Gasteiger partial charge in [-0.3, -0.25) is 19.8 Å². The zero-order valence-corrected chi connectivity index (χ0v) is 15.4. The van der Waals surface area contributed by atoms with E-state index in [0.717, 1.165) is 5.56 Å². The first kappa shape index (κ1) is 18.5. The van der Waals surface area contributed by atoms with Crippen molar-refractivity contribution in [2.24, 2.45) is 0 Å². The van der Waals surface area contributed by atoms with Gasteiger partial charge in [0.2, 0.25) is 0 Å². The van der Waals surface area contributed by atoms with Gasteiger partial charge in [0.05, 0.1) is 4.92 Å². The fourth-order valence-electron chi connectivity index (χ4n) is 2.61. The number of likely N-dealkylation sites (N-methyl/N-ethyl adjacent to an activating group) is 1. The summed E-state index contributed by atoms with van der Waals surface area (Å²) in [5.74, 6) is 0.480. The number of rotatable bonds is 6. The van der Waals surface area contributed by atoms with Gasteiger partial charge in [-0.15, -0.1) is 0 Å². The number of nitrogens with one attached hydrogen (secondary N) is 1. The summed E-state index contributed by atoms with van der Waals surface area (Å²) in [7, 11) is 0. The Morgan fingerprint density at radius 1 is 1.26 bits per heavy atom. The molecule has 7 nitrogen and oxygen atoms in total. The molecule has 1 N–H and O–H groups in total. The second-order valence-electron chi connectivity index (χ2n) is 5.82. The van der Waals surface area contributed by atoms with Crippen molar-refractivity contribution in [1.29, 1.82) is 0 Å². The summed E-state index contributed by atoms with van der Waals surface area (Å²) < 4.78 is 5.67. The van der Waals surface area contributed by atoms with Crippen LogP contribution in [-0.4, -0.2) is 27.4 Å². The molecule has 0 atom stereocenters. The third-order valence-corrected chi connectivity index (χ3v) is 4.32. The number of nitrogens with zero attached hydrogens (tertiary/aromatic N) is 2. The lowest BCUT2D eigenvalue weighted by Crippen LogP contribution is -2.30. The standard InChI is InChI=1S/C19H17N3O4S/c1-2-21-18(23)17(20-19(21)27)11-13-6-8-16(9-7-13)26-12-14-4-3-5-15(10-14)22(24)25/h3-11H,2,12H2,1H3,(H,20,27)/b17-11-. The SMILES string of the molecule is CCN1C(=O)/C(=C/c2ccc(OCc3cccc([N+](=O)[O-])c3)cc2)NC1=S. The Kier molecular flexibility index (Phi) is 5.46. The summed E-state index contributed by atoms with van der Waals surface area (Å²) in [4.78, 5) is 24.1. The molecule has 2 aromatic carbocycles. The van der Waals surface area contributed by atoms with Crippen LogP contribution in [0.25, 0.3) is 6.08 Å². The molecule has 1 saturated heterocycles.